The highest BCUT2D eigenvalue weighted by molar-refractivity contribution is 7.25. The van der Waals surface area contributed by atoms with Crippen molar-refractivity contribution in [3.05, 3.63) is 181 Å². The third kappa shape index (κ3) is 5.32. The first-order valence-corrected chi connectivity index (χ1v) is 18.8. The molecule has 7 aromatic carbocycles. The summed E-state index contributed by atoms with van der Waals surface area (Å²) < 4.78 is 2.65. The van der Waals surface area contributed by atoms with E-state index in [1.807, 2.05) is 72.0 Å². The molecular weight excluding hydrogens is 665 g/mol. The van der Waals surface area contributed by atoms with Crippen LogP contribution in [0.5, 0.6) is 0 Å². The quantitative estimate of drug-likeness (QED) is 0.179. The largest absolute Gasteiger partial charge is 0.310 e. The molecule has 1 aliphatic heterocycles. The maximum atomic E-state index is 4.97. The Morgan fingerprint density at radius 2 is 0.925 bits per heavy atom. The molecule has 10 rings (SSSR count). The lowest BCUT2D eigenvalue weighted by Crippen LogP contribution is -2.30. The lowest BCUT2D eigenvalue weighted by molar-refractivity contribution is 0.632. The summed E-state index contributed by atoms with van der Waals surface area (Å²) >= 11 is 1.86. The van der Waals surface area contributed by atoms with Gasteiger partial charge in [-0.05, 0) is 82.9 Å². The first-order valence-electron chi connectivity index (χ1n) is 17.9. The number of anilines is 3. The van der Waals surface area contributed by atoms with E-state index < -0.39 is 0 Å². The second-order valence-electron chi connectivity index (χ2n) is 14.1. The number of aromatic nitrogens is 3. The van der Waals surface area contributed by atoms with E-state index >= 15 is 0 Å². The molecule has 0 aliphatic carbocycles. The summed E-state index contributed by atoms with van der Waals surface area (Å²) in [4.78, 5) is 17.2. The topological polar surface area (TPSA) is 41.9 Å². The molecule has 9 aromatic rings. The molecular formula is C48H34N4S. The zero-order valence-corrected chi connectivity index (χ0v) is 30.2. The second kappa shape index (κ2) is 12.4. The summed E-state index contributed by atoms with van der Waals surface area (Å²) in [6.45, 7) is 4.69. The fourth-order valence-corrected chi connectivity index (χ4v) is 8.85. The van der Waals surface area contributed by atoms with E-state index in [2.05, 4.69) is 128 Å². The van der Waals surface area contributed by atoms with E-state index in [0.29, 0.717) is 17.5 Å². The molecule has 0 atom stereocenters. The zero-order chi connectivity index (χ0) is 35.5. The van der Waals surface area contributed by atoms with Crippen LogP contribution in [0.25, 0.3) is 65.5 Å². The number of thiophene rings is 1. The van der Waals surface area contributed by atoms with Crippen molar-refractivity contribution in [1.82, 2.24) is 15.0 Å². The van der Waals surface area contributed by atoms with E-state index in [4.69, 9.17) is 15.0 Å². The molecule has 0 bridgehead atoms. The average molecular weight is 699 g/mol. The van der Waals surface area contributed by atoms with Crippen molar-refractivity contribution in [3.63, 3.8) is 0 Å². The Labute approximate surface area is 312 Å². The summed E-state index contributed by atoms with van der Waals surface area (Å²) in [7, 11) is 0. The van der Waals surface area contributed by atoms with Crippen LogP contribution in [-0.4, -0.2) is 15.0 Å². The average Bonchev–Trinajstić information content (AvgIpc) is 3.60. The minimum atomic E-state index is -0.204. The molecule has 0 amide bonds. The maximum Gasteiger partial charge on any atom is 0.164 e. The molecule has 0 fully saturated rings. The SMILES string of the molecule is CC1(C)c2ccccc2N(c2ccc(-c3nc(-c4ccccc4)nc(-c4ccccc4)n3)cc2)c2ccc(-c3ccc4sc5ccccc5c4c3)cc21. The summed E-state index contributed by atoms with van der Waals surface area (Å²) in [5, 5.41) is 2.64. The van der Waals surface area contributed by atoms with Crippen molar-refractivity contribution in [2.45, 2.75) is 19.3 Å². The lowest BCUT2D eigenvalue weighted by atomic mass is 9.73. The fraction of sp³-hybridized carbons (Fsp3) is 0.0625. The van der Waals surface area contributed by atoms with Crippen LogP contribution < -0.4 is 4.90 Å². The van der Waals surface area contributed by atoms with Crippen LogP contribution in [0, 0.1) is 0 Å². The molecule has 0 saturated carbocycles. The first-order chi connectivity index (χ1) is 26.0. The minimum Gasteiger partial charge on any atom is -0.310 e. The molecule has 0 unspecified atom stereocenters. The Kier molecular flexibility index (Phi) is 7.31. The Morgan fingerprint density at radius 1 is 0.415 bits per heavy atom. The third-order valence-electron chi connectivity index (χ3n) is 10.5. The van der Waals surface area contributed by atoms with E-state index in [1.54, 1.807) is 0 Å². The normalized spacial score (nSPS) is 13.2. The Morgan fingerprint density at radius 3 is 1.62 bits per heavy atom. The standard InChI is InChI=1S/C48H34N4S/c1-48(2)39-18-10-11-19-41(39)52(42-27-23-35(30-40(42)48)34-24-28-44-38(29-34)37-17-9-12-20-43(37)53-44)36-25-21-33(22-26-36)47-50-45(31-13-5-3-6-14-31)49-46(51-47)32-15-7-4-8-16-32/h3-30H,1-2H3. The molecule has 252 valence electrons. The van der Waals surface area contributed by atoms with Gasteiger partial charge in [0.15, 0.2) is 17.5 Å². The van der Waals surface area contributed by atoms with Crippen molar-refractivity contribution >= 4 is 48.6 Å². The van der Waals surface area contributed by atoms with Crippen LogP contribution in [0.3, 0.4) is 0 Å². The van der Waals surface area contributed by atoms with Gasteiger partial charge in [-0.15, -0.1) is 11.3 Å². The number of benzene rings is 7. The van der Waals surface area contributed by atoms with Crippen molar-refractivity contribution in [2.75, 3.05) is 4.90 Å². The number of hydrogen-bond acceptors (Lipinski definition) is 5. The maximum absolute atomic E-state index is 4.97. The van der Waals surface area contributed by atoms with Crippen LogP contribution >= 0.6 is 11.3 Å². The summed E-state index contributed by atoms with van der Waals surface area (Å²) in [6.07, 6.45) is 0. The number of para-hydroxylation sites is 1. The molecule has 0 radical (unpaired) electrons. The zero-order valence-electron chi connectivity index (χ0n) is 29.4. The smallest absolute Gasteiger partial charge is 0.164 e. The van der Waals surface area contributed by atoms with Crippen LogP contribution in [0.1, 0.15) is 25.0 Å². The molecule has 1 aliphatic rings. The van der Waals surface area contributed by atoms with Gasteiger partial charge in [0.25, 0.3) is 0 Å². The van der Waals surface area contributed by atoms with Gasteiger partial charge in [0.05, 0.1) is 11.4 Å². The van der Waals surface area contributed by atoms with E-state index in [0.717, 1.165) is 22.4 Å². The number of fused-ring (bicyclic) bond motifs is 5. The first kappa shape index (κ1) is 31.3. The van der Waals surface area contributed by atoms with Gasteiger partial charge in [-0.3, -0.25) is 0 Å². The molecule has 53 heavy (non-hydrogen) atoms. The van der Waals surface area contributed by atoms with Gasteiger partial charge in [-0.25, -0.2) is 15.0 Å². The van der Waals surface area contributed by atoms with Crippen molar-refractivity contribution in [2.24, 2.45) is 0 Å². The Bertz CT molecular complexity index is 2750. The van der Waals surface area contributed by atoms with Crippen molar-refractivity contribution in [1.29, 1.82) is 0 Å². The fourth-order valence-electron chi connectivity index (χ4n) is 7.76. The minimum absolute atomic E-state index is 0.204. The van der Waals surface area contributed by atoms with Crippen LogP contribution in [0.15, 0.2) is 170 Å². The molecule has 3 heterocycles. The Hall–Kier alpha value is -6.43. The second-order valence-corrected chi connectivity index (χ2v) is 15.2. The van der Waals surface area contributed by atoms with Gasteiger partial charge in [-0.1, -0.05) is 123 Å². The Balaban J connectivity index is 1.07. The van der Waals surface area contributed by atoms with Gasteiger partial charge in [-0.2, -0.15) is 0 Å². The van der Waals surface area contributed by atoms with Crippen LogP contribution in [-0.2, 0) is 5.41 Å². The predicted octanol–water partition coefficient (Wildman–Crippen LogP) is 13.0. The highest BCUT2D eigenvalue weighted by atomic mass is 32.1. The summed E-state index contributed by atoms with van der Waals surface area (Å²) in [6, 6.07) is 60.3. The van der Waals surface area contributed by atoms with E-state index in [1.165, 1.54) is 53.8 Å². The number of rotatable bonds is 5. The molecule has 0 spiro atoms. The molecule has 2 aromatic heterocycles. The highest BCUT2D eigenvalue weighted by Crippen LogP contribution is 2.52. The summed E-state index contributed by atoms with van der Waals surface area (Å²) in [5.41, 5.74) is 11.1. The molecule has 0 saturated heterocycles. The van der Waals surface area contributed by atoms with Gasteiger partial charge in [0.2, 0.25) is 0 Å². The molecule has 5 heteroatoms. The van der Waals surface area contributed by atoms with Crippen molar-refractivity contribution in [3.8, 4) is 45.3 Å². The predicted molar refractivity (Wildman–Crippen MR) is 221 cm³/mol. The molecule has 0 N–H and O–H groups in total. The third-order valence-corrected chi connectivity index (χ3v) is 11.7. The summed E-state index contributed by atoms with van der Waals surface area (Å²) in [5.74, 6) is 1.95. The lowest BCUT2D eigenvalue weighted by Gasteiger charge is -2.42. The van der Waals surface area contributed by atoms with Gasteiger partial charge in [0.1, 0.15) is 0 Å². The van der Waals surface area contributed by atoms with Gasteiger partial charge < -0.3 is 4.90 Å². The monoisotopic (exact) mass is 698 g/mol. The van der Waals surface area contributed by atoms with Crippen molar-refractivity contribution < 1.29 is 0 Å². The van der Waals surface area contributed by atoms with Gasteiger partial charge in [0, 0.05) is 48.0 Å². The number of nitrogens with zero attached hydrogens (tertiary/aromatic N) is 4. The van der Waals surface area contributed by atoms with Gasteiger partial charge >= 0.3 is 0 Å². The van der Waals surface area contributed by atoms with E-state index in [-0.39, 0.29) is 5.41 Å². The van der Waals surface area contributed by atoms with Crippen LogP contribution in [0.2, 0.25) is 0 Å². The highest BCUT2D eigenvalue weighted by Gasteiger charge is 2.37. The van der Waals surface area contributed by atoms with Crippen LogP contribution in [0.4, 0.5) is 17.1 Å². The molecule has 4 nitrogen and oxygen atoms in total. The number of hydrogen-bond donors (Lipinski definition) is 0. The van der Waals surface area contributed by atoms with E-state index in [9.17, 15) is 0 Å².